The van der Waals surface area contributed by atoms with Crippen LogP contribution in [0.2, 0.25) is 0 Å². The van der Waals surface area contributed by atoms with E-state index >= 15 is 0 Å². The topological polar surface area (TPSA) is 65.3 Å². The Kier molecular flexibility index (Phi) is 4.66. The first kappa shape index (κ1) is 18.6. The number of rotatable bonds is 2. The van der Waals surface area contributed by atoms with E-state index in [1.807, 2.05) is 12.3 Å². The molecule has 0 N–H and O–H groups in total. The third kappa shape index (κ3) is 3.07. The zero-order valence-corrected chi connectivity index (χ0v) is 16.5. The second-order valence-corrected chi connectivity index (χ2v) is 8.84. The van der Waals surface area contributed by atoms with Crippen molar-refractivity contribution in [2.75, 3.05) is 25.0 Å². The molecule has 2 aromatic rings. The van der Waals surface area contributed by atoms with Gasteiger partial charge in [-0.15, -0.1) is 0 Å². The molecule has 0 amide bonds. The monoisotopic (exact) mass is 400 g/mol. The lowest BCUT2D eigenvalue weighted by molar-refractivity contribution is 0.548. The summed E-state index contributed by atoms with van der Waals surface area (Å²) < 4.78 is 41.6. The van der Waals surface area contributed by atoms with E-state index in [4.69, 9.17) is 0 Å². The van der Waals surface area contributed by atoms with E-state index in [0.29, 0.717) is 12.2 Å². The van der Waals surface area contributed by atoms with Crippen LogP contribution in [0.1, 0.15) is 18.9 Å². The van der Waals surface area contributed by atoms with Crippen molar-refractivity contribution in [1.29, 1.82) is 0 Å². The van der Waals surface area contributed by atoms with Gasteiger partial charge in [0.05, 0.1) is 17.8 Å². The van der Waals surface area contributed by atoms with Gasteiger partial charge in [0.2, 0.25) is 0 Å². The van der Waals surface area contributed by atoms with E-state index in [9.17, 15) is 12.8 Å². The molecule has 0 saturated heterocycles. The summed E-state index contributed by atoms with van der Waals surface area (Å²) in [6.45, 7) is 3.48. The third-order valence-corrected chi connectivity index (χ3v) is 6.91. The SMILES string of the molecule is CC1CC=NCCN1c1ccc2c(c1)S(=O)(=O)N(C)C(c1ccccc1F)=N2. The fourth-order valence-corrected chi connectivity index (χ4v) is 4.82. The zero-order chi connectivity index (χ0) is 19.9. The summed E-state index contributed by atoms with van der Waals surface area (Å²) in [4.78, 5) is 11.1. The first-order valence-corrected chi connectivity index (χ1v) is 10.5. The molecule has 1 atom stereocenters. The van der Waals surface area contributed by atoms with Gasteiger partial charge in [0.25, 0.3) is 10.0 Å². The molecule has 8 heteroatoms. The zero-order valence-electron chi connectivity index (χ0n) is 15.7. The minimum absolute atomic E-state index is 0.0786. The maximum atomic E-state index is 14.2. The van der Waals surface area contributed by atoms with Gasteiger partial charge in [-0.25, -0.2) is 17.8 Å². The van der Waals surface area contributed by atoms with Crippen molar-refractivity contribution in [3.05, 3.63) is 53.8 Å². The van der Waals surface area contributed by atoms with Crippen LogP contribution in [0.15, 0.2) is 57.3 Å². The van der Waals surface area contributed by atoms with E-state index in [1.165, 1.54) is 19.2 Å². The van der Waals surface area contributed by atoms with Crippen molar-refractivity contribution in [2.24, 2.45) is 9.98 Å². The number of nitrogens with zero attached hydrogens (tertiary/aromatic N) is 4. The quantitative estimate of drug-likeness (QED) is 0.778. The van der Waals surface area contributed by atoms with Crippen molar-refractivity contribution in [2.45, 2.75) is 24.3 Å². The van der Waals surface area contributed by atoms with Crippen LogP contribution in [-0.2, 0) is 10.0 Å². The van der Waals surface area contributed by atoms with Crippen LogP contribution in [0, 0.1) is 5.82 Å². The molecule has 2 heterocycles. The van der Waals surface area contributed by atoms with E-state index in [-0.39, 0.29) is 22.3 Å². The van der Waals surface area contributed by atoms with Gasteiger partial charge in [0, 0.05) is 38.0 Å². The van der Waals surface area contributed by atoms with Crippen LogP contribution in [0.5, 0.6) is 0 Å². The predicted octanol–water partition coefficient (Wildman–Crippen LogP) is 3.21. The Bertz CT molecular complexity index is 1080. The van der Waals surface area contributed by atoms with Gasteiger partial charge < -0.3 is 4.90 Å². The van der Waals surface area contributed by atoms with Crippen molar-refractivity contribution < 1.29 is 12.8 Å². The van der Waals surface area contributed by atoms with Crippen LogP contribution < -0.4 is 4.90 Å². The number of hydrogen-bond acceptors (Lipinski definition) is 5. The van der Waals surface area contributed by atoms with Gasteiger partial charge in [0.1, 0.15) is 10.7 Å². The van der Waals surface area contributed by atoms with Crippen LogP contribution in [0.25, 0.3) is 0 Å². The summed E-state index contributed by atoms with van der Waals surface area (Å²) in [6.07, 6.45) is 2.72. The fraction of sp³-hybridized carbons (Fsp3) is 0.300. The maximum Gasteiger partial charge on any atom is 0.267 e. The molecule has 0 bridgehead atoms. The number of benzene rings is 2. The predicted molar refractivity (Wildman–Crippen MR) is 109 cm³/mol. The Balaban J connectivity index is 1.82. The fourth-order valence-electron chi connectivity index (χ4n) is 3.51. The molecule has 6 nitrogen and oxygen atoms in total. The smallest absolute Gasteiger partial charge is 0.267 e. The van der Waals surface area contributed by atoms with Crippen molar-refractivity contribution in [3.63, 3.8) is 0 Å². The highest BCUT2D eigenvalue weighted by Crippen LogP contribution is 2.36. The lowest BCUT2D eigenvalue weighted by atomic mass is 10.1. The Hall–Kier alpha value is -2.74. The summed E-state index contributed by atoms with van der Waals surface area (Å²) in [5.74, 6) is -0.434. The molecule has 0 aromatic heterocycles. The maximum absolute atomic E-state index is 14.2. The molecular weight excluding hydrogens is 379 g/mol. The highest BCUT2D eigenvalue weighted by atomic mass is 32.2. The van der Waals surface area contributed by atoms with Gasteiger partial charge in [-0.3, -0.25) is 9.30 Å². The Morgan fingerprint density at radius 2 is 1.96 bits per heavy atom. The highest BCUT2D eigenvalue weighted by Gasteiger charge is 2.34. The molecule has 0 fully saturated rings. The minimum atomic E-state index is -3.84. The molecule has 2 aromatic carbocycles. The molecule has 28 heavy (non-hydrogen) atoms. The number of amidine groups is 1. The summed E-state index contributed by atoms with van der Waals surface area (Å²) in [5.41, 5.74) is 1.29. The largest absolute Gasteiger partial charge is 0.367 e. The second-order valence-electron chi connectivity index (χ2n) is 6.91. The van der Waals surface area contributed by atoms with Gasteiger partial charge >= 0.3 is 0 Å². The number of fused-ring (bicyclic) bond motifs is 1. The average molecular weight is 400 g/mol. The van der Waals surface area contributed by atoms with E-state index in [1.54, 1.807) is 24.3 Å². The lowest BCUT2D eigenvalue weighted by Gasteiger charge is -2.31. The van der Waals surface area contributed by atoms with E-state index < -0.39 is 15.8 Å². The standard InChI is InChI=1S/C20H21FN4O2S/c1-14-9-10-22-11-12-25(14)15-7-8-18-19(13-15)28(26,27)24(2)20(23-18)16-5-3-4-6-17(16)21/h3-8,10,13-14H,9,11-12H2,1-2H3. The van der Waals surface area contributed by atoms with Crippen molar-refractivity contribution in [3.8, 4) is 0 Å². The Morgan fingerprint density at radius 3 is 2.75 bits per heavy atom. The van der Waals surface area contributed by atoms with Gasteiger partial charge in [-0.2, -0.15) is 0 Å². The molecule has 0 radical (unpaired) electrons. The number of anilines is 1. The molecule has 1 unspecified atom stereocenters. The third-order valence-electron chi connectivity index (χ3n) is 5.13. The molecule has 2 aliphatic rings. The van der Waals surface area contributed by atoms with Crippen LogP contribution in [0.3, 0.4) is 0 Å². The molecule has 146 valence electrons. The summed E-state index contributed by atoms with van der Waals surface area (Å²) in [5, 5.41) is 0. The molecule has 4 rings (SSSR count). The first-order valence-electron chi connectivity index (χ1n) is 9.11. The van der Waals surface area contributed by atoms with E-state index in [2.05, 4.69) is 21.8 Å². The second kappa shape index (κ2) is 7.01. The number of hydrogen-bond donors (Lipinski definition) is 0. The molecule has 0 aliphatic carbocycles. The van der Waals surface area contributed by atoms with E-state index in [0.717, 1.165) is 23.0 Å². The van der Waals surface area contributed by atoms with Gasteiger partial charge in [-0.1, -0.05) is 12.1 Å². The lowest BCUT2D eigenvalue weighted by Crippen LogP contribution is -2.37. The number of aliphatic imine (C=N–C) groups is 2. The molecule has 0 spiro atoms. The number of sulfonamides is 1. The highest BCUT2D eigenvalue weighted by molar-refractivity contribution is 7.90. The normalized spacial score (nSPS) is 21.1. The average Bonchev–Trinajstić information content (AvgIpc) is 2.90. The minimum Gasteiger partial charge on any atom is -0.367 e. The molecule has 2 aliphatic heterocycles. The van der Waals surface area contributed by atoms with Gasteiger partial charge in [-0.05, 0) is 37.3 Å². The van der Waals surface area contributed by atoms with Crippen LogP contribution in [0.4, 0.5) is 15.8 Å². The number of halogens is 1. The Morgan fingerprint density at radius 1 is 1.18 bits per heavy atom. The van der Waals surface area contributed by atoms with Crippen molar-refractivity contribution in [1.82, 2.24) is 4.31 Å². The Labute approximate surface area is 164 Å². The van der Waals surface area contributed by atoms with Gasteiger partial charge in [0.15, 0.2) is 5.84 Å². The summed E-state index contributed by atoms with van der Waals surface area (Å²) >= 11 is 0. The van der Waals surface area contributed by atoms with Crippen molar-refractivity contribution >= 4 is 33.4 Å². The molecular formula is C20H21FN4O2S. The summed E-state index contributed by atoms with van der Waals surface area (Å²) in [6, 6.07) is 11.5. The van der Waals surface area contributed by atoms with Crippen LogP contribution in [-0.4, -0.2) is 51.0 Å². The summed E-state index contributed by atoms with van der Waals surface area (Å²) in [7, 11) is -2.44. The first-order chi connectivity index (χ1) is 13.4. The molecule has 0 saturated carbocycles. The van der Waals surface area contributed by atoms with Crippen LogP contribution >= 0.6 is 0 Å².